The van der Waals surface area contributed by atoms with Gasteiger partial charge in [0.2, 0.25) is 0 Å². The van der Waals surface area contributed by atoms with E-state index < -0.39 is 0 Å². The minimum atomic E-state index is 0.589. The van der Waals surface area contributed by atoms with Gasteiger partial charge in [-0.25, -0.2) is 0 Å². The van der Waals surface area contributed by atoms with Crippen LogP contribution in [0.3, 0.4) is 0 Å². The fourth-order valence-electron chi connectivity index (χ4n) is 2.38. The molecule has 3 rings (SSSR count). The SMILES string of the molecule is Cc1ccc(Cn2ccc3ccc(CN)cc32)cc1. The van der Waals surface area contributed by atoms with Gasteiger partial charge in [0.15, 0.2) is 0 Å². The van der Waals surface area contributed by atoms with Gasteiger partial charge in [-0.05, 0) is 35.6 Å². The van der Waals surface area contributed by atoms with Crippen molar-refractivity contribution in [2.45, 2.75) is 20.0 Å². The van der Waals surface area contributed by atoms with E-state index in [0.29, 0.717) is 6.54 Å². The fraction of sp³-hybridized carbons (Fsp3) is 0.176. The molecule has 1 aromatic heterocycles. The highest BCUT2D eigenvalue weighted by molar-refractivity contribution is 5.80. The second-order valence-electron chi connectivity index (χ2n) is 5.03. The molecule has 0 spiro atoms. The van der Waals surface area contributed by atoms with Crippen LogP contribution in [0.5, 0.6) is 0 Å². The molecule has 0 unspecified atom stereocenters. The molecule has 2 heteroatoms. The Labute approximate surface area is 113 Å². The molecule has 0 fully saturated rings. The second kappa shape index (κ2) is 4.90. The van der Waals surface area contributed by atoms with E-state index in [1.807, 2.05) is 0 Å². The molecule has 19 heavy (non-hydrogen) atoms. The van der Waals surface area contributed by atoms with Gasteiger partial charge in [0, 0.05) is 24.8 Å². The van der Waals surface area contributed by atoms with Gasteiger partial charge < -0.3 is 10.3 Å². The van der Waals surface area contributed by atoms with Crippen molar-refractivity contribution in [1.29, 1.82) is 0 Å². The minimum absolute atomic E-state index is 0.589. The third-order valence-corrected chi connectivity index (χ3v) is 3.55. The number of aryl methyl sites for hydroxylation is 1. The molecule has 0 atom stereocenters. The van der Waals surface area contributed by atoms with E-state index in [0.717, 1.165) is 6.54 Å². The van der Waals surface area contributed by atoms with Crippen LogP contribution in [0.15, 0.2) is 54.7 Å². The first-order valence-electron chi connectivity index (χ1n) is 6.59. The van der Waals surface area contributed by atoms with E-state index in [-0.39, 0.29) is 0 Å². The average molecular weight is 250 g/mol. The van der Waals surface area contributed by atoms with Crippen molar-refractivity contribution in [1.82, 2.24) is 4.57 Å². The van der Waals surface area contributed by atoms with E-state index >= 15 is 0 Å². The van der Waals surface area contributed by atoms with Gasteiger partial charge in [0.25, 0.3) is 0 Å². The predicted molar refractivity (Wildman–Crippen MR) is 80.1 cm³/mol. The summed E-state index contributed by atoms with van der Waals surface area (Å²) in [5.74, 6) is 0. The zero-order valence-corrected chi connectivity index (χ0v) is 11.1. The molecule has 96 valence electrons. The van der Waals surface area contributed by atoms with Crippen LogP contribution >= 0.6 is 0 Å². The molecule has 2 aromatic carbocycles. The molecule has 0 bridgehead atoms. The molecule has 0 aliphatic carbocycles. The Balaban J connectivity index is 1.98. The van der Waals surface area contributed by atoms with Crippen LogP contribution in [0.4, 0.5) is 0 Å². The van der Waals surface area contributed by atoms with Crippen LogP contribution in [-0.4, -0.2) is 4.57 Å². The molecule has 2 N–H and O–H groups in total. The van der Waals surface area contributed by atoms with Crippen molar-refractivity contribution in [2.75, 3.05) is 0 Å². The average Bonchev–Trinajstić information content (AvgIpc) is 2.84. The molecule has 0 aliphatic rings. The number of aromatic nitrogens is 1. The first-order chi connectivity index (χ1) is 9.26. The third-order valence-electron chi connectivity index (χ3n) is 3.55. The Hall–Kier alpha value is -2.06. The number of benzene rings is 2. The first-order valence-corrected chi connectivity index (χ1v) is 6.59. The number of hydrogen-bond acceptors (Lipinski definition) is 1. The van der Waals surface area contributed by atoms with E-state index in [9.17, 15) is 0 Å². The fourth-order valence-corrected chi connectivity index (χ4v) is 2.38. The van der Waals surface area contributed by atoms with E-state index in [1.54, 1.807) is 0 Å². The summed E-state index contributed by atoms with van der Waals surface area (Å²) in [5, 5.41) is 1.27. The maximum absolute atomic E-state index is 5.72. The van der Waals surface area contributed by atoms with E-state index in [4.69, 9.17) is 5.73 Å². The van der Waals surface area contributed by atoms with Crippen LogP contribution in [0, 0.1) is 6.92 Å². The lowest BCUT2D eigenvalue weighted by atomic mass is 10.1. The molecule has 0 amide bonds. The Kier molecular flexibility index (Phi) is 3.10. The maximum Gasteiger partial charge on any atom is 0.0486 e. The Bertz CT molecular complexity index is 693. The second-order valence-corrected chi connectivity index (χ2v) is 5.03. The molecule has 0 saturated heterocycles. The van der Waals surface area contributed by atoms with Crippen molar-refractivity contribution in [3.63, 3.8) is 0 Å². The van der Waals surface area contributed by atoms with E-state index in [2.05, 4.69) is 66.2 Å². The topological polar surface area (TPSA) is 30.9 Å². The van der Waals surface area contributed by atoms with Crippen LogP contribution in [0.25, 0.3) is 10.9 Å². The number of rotatable bonds is 3. The minimum Gasteiger partial charge on any atom is -0.343 e. The van der Waals surface area contributed by atoms with Crippen molar-refractivity contribution >= 4 is 10.9 Å². The van der Waals surface area contributed by atoms with Gasteiger partial charge in [-0.2, -0.15) is 0 Å². The standard InChI is InChI=1S/C17H18N2/c1-13-2-4-14(5-3-13)12-19-9-8-16-7-6-15(11-18)10-17(16)19/h2-10H,11-12,18H2,1H3. The lowest BCUT2D eigenvalue weighted by Gasteiger charge is -2.07. The Morgan fingerprint density at radius 2 is 1.68 bits per heavy atom. The quantitative estimate of drug-likeness (QED) is 0.758. The molecule has 2 nitrogen and oxygen atoms in total. The highest BCUT2D eigenvalue weighted by Gasteiger charge is 2.03. The molecular formula is C17H18N2. The third kappa shape index (κ3) is 2.40. The van der Waals surface area contributed by atoms with Crippen LogP contribution < -0.4 is 5.73 Å². The highest BCUT2D eigenvalue weighted by Crippen LogP contribution is 2.19. The summed E-state index contributed by atoms with van der Waals surface area (Å²) in [7, 11) is 0. The van der Waals surface area contributed by atoms with Crippen molar-refractivity contribution < 1.29 is 0 Å². The summed E-state index contributed by atoms with van der Waals surface area (Å²) in [6.07, 6.45) is 2.14. The van der Waals surface area contributed by atoms with Crippen LogP contribution in [-0.2, 0) is 13.1 Å². The summed E-state index contributed by atoms with van der Waals surface area (Å²) in [4.78, 5) is 0. The Morgan fingerprint density at radius 3 is 2.42 bits per heavy atom. The zero-order valence-electron chi connectivity index (χ0n) is 11.1. The lowest BCUT2D eigenvalue weighted by Crippen LogP contribution is -2.00. The summed E-state index contributed by atoms with van der Waals surface area (Å²) in [6.45, 7) is 3.60. The number of nitrogens with zero attached hydrogens (tertiary/aromatic N) is 1. The molecule has 0 saturated carbocycles. The molecule has 3 aromatic rings. The van der Waals surface area contributed by atoms with Crippen molar-refractivity contribution in [3.8, 4) is 0 Å². The monoisotopic (exact) mass is 250 g/mol. The molecular weight excluding hydrogens is 232 g/mol. The van der Waals surface area contributed by atoms with Gasteiger partial charge in [0.05, 0.1) is 0 Å². The smallest absolute Gasteiger partial charge is 0.0486 e. The summed E-state index contributed by atoms with van der Waals surface area (Å²) >= 11 is 0. The number of nitrogens with two attached hydrogens (primary N) is 1. The first kappa shape index (κ1) is 12.0. The van der Waals surface area contributed by atoms with Gasteiger partial charge >= 0.3 is 0 Å². The van der Waals surface area contributed by atoms with Gasteiger partial charge in [0.1, 0.15) is 0 Å². The number of hydrogen-bond donors (Lipinski definition) is 1. The van der Waals surface area contributed by atoms with Crippen molar-refractivity contribution in [3.05, 3.63) is 71.4 Å². The largest absolute Gasteiger partial charge is 0.343 e. The summed E-state index contributed by atoms with van der Waals surface area (Å²) < 4.78 is 2.28. The predicted octanol–water partition coefficient (Wildman–Crippen LogP) is 3.46. The normalized spacial score (nSPS) is 11.1. The molecule has 0 radical (unpaired) electrons. The van der Waals surface area contributed by atoms with Crippen LogP contribution in [0.2, 0.25) is 0 Å². The maximum atomic E-state index is 5.72. The van der Waals surface area contributed by atoms with Gasteiger partial charge in [-0.1, -0.05) is 42.0 Å². The molecule has 0 aliphatic heterocycles. The summed E-state index contributed by atoms with van der Waals surface area (Å²) in [6, 6.07) is 17.3. The van der Waals surface area contributed by atoms with Crippen molar-refractivity contribution in [2.24, 2.45) is 5.73 Å². The molecule has 1 heterocycles. The lowest BCUT2D eigenvalue weighted by molar-refractivity contribution is 0.835. The highest BCUT2D eigenvalue weighted by atomic mass is 14.9. The zero-order chi connectivity index (χ0) is 13.2. The Morgan fingerprint density at radius 1 is 0.947 bits per heavy atom. The number of fused-ring (bicyclic) bond motifs is 1. The van der Waals surface area contributed by atoms with Gasteiger partial charge in [-0.3, -0.25) is 0 Å². The van der Waals surface area contributed by atoms with Crippen LogP contribution in [0.1, 0.15) is 16.7 Å². The van der Waals surface area contributed by atoms with E-state index in [1.165, 1.54) is 27.6 Å². The summed E-state index contributed by atoms with van der Waals surface area (Å²) in [5.41, 5.74) is 10.8. The van der Waals surface area contributed by atoms with Gasteiger partial charge in [-0.15, -0.1) is 0 Å².